The van der Waals surface area contributed by atoms with Crippen LogP contribution in [0.25, 0.3) is 0 Å². The lowest BCUT2D eigenvalue weighted by atomic mass is 10.0. The first-order valence-electron chi connectivity index (χ1n) is 7.71. The molecule has 2 N–H and O–H groups in total. The van der Waals surface area contributed by atoms with Crippen LogP contribution >= 0.6 is 0 Å². The van der Waals surface area contributed by atoms with Crippen molar-refractivity contribution in [3.63, 3.8) is 0 Å². The van der Waals surface area contributed by atoms with Gasteiger partial charge in [-0.05, 0) is 31.7 Å². The number of hydrogen-bond acceptors (Lipinski definition) is 3. The van der Waals surface area contributed by atoms with Gasteiger partial charge in [-0.15, -0.1) is 0 Å². The molecule has 3 nitrogen and oxygen atoms in total. The molecule has 120 valence electrons. The van der Waals surface area contributed by atoms with Gasteiger partial charge in [0.05, 0.1) is 19.3 Å². The fraction of sp³-hybridized carbons (Fsp3) is 0.647. The van der Waals surface area contributed by atoms with E-state index in [2.05, 4.69) is 26.1 Å². The minimum Gasteiger partial charge on any atom is -0.389 e. The third-order valence-corrected chi connectivity index (χ3v) is 3.40. The van der Waals surface area contributed by atoms with Gasteiger partial charge >= 0.3 is 0 Å². The lowest BCUT2D eigenvalue weighted by Crippen LogP contribution is -2.36. The number of benzene rings is 1. The molecule has 1 rings (SSSR count). The first-order valence-corrected chi connectivity index (χ1v) is 7.71. The van der Waals surface area contributed by atoms with Crippen molar-refractivity contribution in [3.05, 3.63) is 35.6 Å². The van der Waals surface area contributed by atoms with Gasteiger partial charge in [-0.1, -0.05) is 32.0 Å². The van der Waals surface area contributed by atoms with Gasteiger partial charge in [0.25, 0.3) is 0 Å². The standard InChI is InChI=1S/C17H28FNO2/c1-13(2)8-9-14(3)19-10-16(20)12-21-11-15-6-4-5-7-17(15)18/h4-7,13-14,16,19-20H,8-12H2,1-3H3. The number of rotatable bonds is 10. The predicted molar refractivity (Wildman–Crippen MR) is 83.6 cm³/mol. The van der Waals surface area contributed by atoms with Gasteiger partial charge in [-0.25, -0.2) is 4.39 Å². The molecule has 2 unspecified atom stereocenters. The summed E-state index contributed by atoms with van der Waals surface area (Å²) in [5.41, 5.74) is 0.517. The Kier molecular flexibility index (Phi) is 8.50. The number of nitrogens with one attached hydrogen (secondary N) is 1. The van der Waals surface area contributed by atoms with Crippen molar-refractivity contribution in [3.8, 4) is 0 Å². The summed E-state index contributed by atoms with van der Waals surface area (Å²) in [7, 11) is 0. The van der Waals surface area contributed by atoms with Crippen molar-refractivity contribution in [2.24, 2.45) is 5.92 Å². The highest BCUT2D eigenvalue weighted by molar-refractivity contribution is 5.16. The van der Waals surface area contributed by atoms with E-state index in [4.69, 9.17) is 4.74 Å². The smallest absolute Gasteiger partial charge is 0.128 e. The Morgan fingerprint density at radius 2 is 1.90 bits per heavy atom. The van der Waals surface area contributed by atoms with E-state index in [9.17, 15) is 9.50 Å². The van der Waals surface area contributed by atoms with Crippen LogP contribution in [0, 0.1) is 11.7 Å². The van der Waals surface area contributed by atoms with Gasteiger partial charge in [0, 0.05) is 18.2 Å². The van der Waals surface area contributed by atoms with Crippen molar-refractivity contribution in [2.75, 3.05) is 13.2 Å². The summed E-state index contributed by atoms with van der Waals surface area (Å²) in [6.07, 6.45) is 1.70. The fourth-order valence-corrected chi connectivity index (χ4v) is 2.00. The molecule has 0 bridgehead atoms. The van der Waals surface area contributed by atoms with Gasteiger partial charge < -0.3 is 15.2 Å². The van der Waals surface area contributed by atoms with Crippen LogP contribution in [0.2, 0.25) is 0 Å². The normalized spacial score (nSPS) is 14.4. The van der Waals surface area contributed by atoms with Gasteiger partial charge in [-0.2, -0.15) is 0 Å². The Bertz CT molecular complexity index is 398. The van der Waals surface area contributed by atoms with Crippen LogP contribution in [0.3, 0.4) is 0 Å². The molecule has 0 radical (unpaired) electrons. The Morgan fingerprint density at radius 1 is 1.19 bits per heavy atom. The maximum Gasteiger partial charge on any atom is 0.128 e. The second-order valence-corrected chi connectivity index (χ2v) is 6.04. The van der Waals surface area contributed by atoms with Gasteiger partial charge in [0.2, 0.25) is 0 Å². The highest BCUT2D eigenvalue weighted by atomic mass is 19.1. The maximum absolute atomic E-state index is 13.4. The van der Waals surface area contributed by atoms with E-state index in [1.54, 1.807) is 18.2 Å². The van der Waals surface area contributed by atoms with Crippen molar-refractivity contribution >= 4 is 0 Å². The van der Waals surface area contributed by atoms with Crippen molar-refractivity contribution in [1.82, 2.24) is 5.32 Å². The molecule has 0 aliphatic rings. The molecule has 0 spiro atoms. The summed E-state index contributed by atoms with van der Waals surface area (Å²) >= 11 is 0. The maximum atomic E-state index is 13.4. The predicted octanol–water partition coefficient (Wildman–Crippen LogP) is 3.12. The SMILES string of the molecule is CC(C)CCC(C)NCC(O)COCc1ccccc1F. The molecule has 4 heteroatoms. The van der Waals surface area contributed by atoms with E-state index >= 15 is 0 Å². The first kappa shape index (κ1) is 18.1. The van der Waals surface area contributed by atoms with Crippen LogP contribution < -0.4 is 5.32 Å². The molecule has 0 saturated carbocycles. The Labute approximate surface area is 127 Å². The first-order chi connectivity index (χ1) is 9.99. The van der Waals surface area contributed by atoms with E-state index in [1.807, 2.05) is 0 Å². The summed E-state index contributed by atoms with van der Waals surface area (Å²) in [5, 5.41) is 13.1. The van der Waals surface area contributed by atoms with Crippen LogP contribution in [0.15, 0.2) is 24.3 Å². The van der Waals surface area contributed by atoms with E-state index in [0.29, 0.717) is 24.1 Å². The average Bonchev–Trinajstić information content (AvgIpc) is 2.45. The molecular weight excluding hydrogens is 269 g/mol. The van der Waals surface area contributed by atoms with Gasteiger partial charge in [-0.3, -0.25) is 0 Å². The van der Waals surface area contributed by atoms with Crippen LogP contribution in [-0.2, 0) is 11.3 Å². The molecule has 2 atom stereocenters. The number of halogens is 1. The highest BCUT2D eigenvalue weighted by Gasteiger charge is 2.09. The van der Waals surface area contributed by atoms with Crippen LogP contribution in [0.1, 0.15) is 39.2 Å². The third-order valence-electron chi connectivity index (χ3n) is 3.40. The molecule has 1 aromatic carbocycles. The van der Waals surface area contributed by atoms with E-state index in [0.717, 1.165) is 6.42 Å². The molecule has 0 heterocycles. The van der Waals surface area contributed by atoms with Crippen LogP contribution in [0.4, 0.5) is 4.39 Å². The largest absolute Gasteiger partial charge is 0.389 e. The molecule has 0 fully saturated rings. The quantitative estimate of drug-likeness (QED) is 0.697. The van der Waals surface area contributed by atoms with Crippen LogP contribution in [-0.4, -0.2) is 30.4 Å². The zero-order chi connectivity index (χ0) is 15.7. The lowest BCUT2D eigenvalue weighted by Gasteiger charge is -2.18. The second-order valence-electron chi connectivity index (χ2n) is 6.04. The molecule has 0 aliphatic carbocycles. The molecule has 21 heavy (non-hydrogen) atoms. The zero-order valence-corrected chi connectivity index (χ0v) is 13.3. The number of hydrogen-bond donors (Lipinski definition) is 2. The Hall–Kier alpha value is -0.970. The summed E-state index contributed by atoms with van der Waals surface area (Å²) in [6.45, 7) is 7.42. The number of ether oxygens (including phenoxy) is 1. The van der Waals surface area contributed by atoms with E-state index < -0.39 is 6.10 Å². The van der Waals surface area contributed by atoms with E-state index in [1.165, 1.54) is 12.5 Å². The number of aliphatic hydroxyl groups is 1. The molecule has 0 aromatic heterocycles. The van der Waals surface area contributed by atoms with Crippen molar-refractivity contribution in [1.29, 1.82) is 0 Å². The fourth-order valence-electron chi connectivity index (χ4n) is 2.00. The highest BCUT2D eigenvalue weighted by Crippen LogP contribution is 2.08. The summed E-state index contributed by atoms with van der Waals surface area (Å²) < 4.78 is 18.7. The second kappa shape index (κ2) is 9.87. The molecule has 0 saturated heterocycles. The van der Waals surface area contributed by atoms with Crippen molar-refractivity contribution < 1.29 is 14.2 Å². The monoisotopic (exact) mass is 297 g/mol. The van der Waals surface area contributed by atoms with Crippen LogP contribution in [0.5, 0.6) is 0 Å². The average molecular weight is 297 g/mol. The van der Waals surface area contributed by atoms with Gasteiger partial charge in [0.1, 0.15) is 5.82 Å². The molecule has 0 aliphatic heterocycles. The zero-order valence-electron chi connectivity index (χ0n) is 13.3. The molecular formula is C17H28FNO2. The summed E-state index contributed by atoms with van der Waals surface area (Å²) in [5.74, 6) is 0.427. The van der Waals surface area contributed by atoms with Crippen molar-refractivity contribution in [2.45, 2.75) is 52.4 Å². The minimum atomic E-state index is -0.571. The Morgan fingerprint density at radius 3 is 2.57 bits per heavy atom. The third kappa shape index (κ3) is 8.15. The summed E-state index contributed by atoms with van der Waals surface area (Å²) in [4.78, 5) is 0. The minimum absolute atomic E-state index is 0.187. The lowest BCUT2D eigenvalue weighted by molar-refractivity contribution is 0.0267. The summed E-state index contributed by atoms with van der Waals surface area (Å²) in [6, 6.07) is 6.90. The van der Waals surface area contributed by atoms with E-state index in [-0.39, 0.29) is 19.0 Å². The van der Waals surface area contributed by atoms with Gasteiger partial charge in [0.15, 0.2) is 0 Å². The Balaban J connectivity index is 2.14. The number of aliphatic hydroxyl groups excluding tert-OH is 1. The molecule has 0 amide bonds. The molecule has 1 aromatic rings. The topological polar surface area (TPSA) is 41.5 Å².